The van der Waals surface area contributed by atoms with E-state index < -0.39 is 20.0 Å². The molecular formula is C12H12N2O4S2. The Kier molecular flexibility index (Phi) is 3.61. The Hall–Kier alpha value is -1.80. The Morgan fingerprint density at radius 2 is 1.10 bits per heavy atom. The fourth-order valence-corrected chi connectivity index (χ4v) is 2.82. The van der Waals surface area contributed by atoms with E-state index in [1.54, 1.807) is 24.3 Å². The summed E-state index contributed by atoms with van der Waals surface area (Å²) >= 11 is 0. The van der Waals surface area contributed by atoms with Gasteiger partial charge < -0.3 is 0 Å². The largest absolute Gasteiger partial charge is 0.250 e. The van der Waals surface area contributed by atoms with Crippen LogP contribution in [-0.2, 0) is 20.0 Å². The van der Waals surface area contributed by atoms with E-state index in [0.717, 1.165) is 12.5 Å². The van der Waals surface area contributed by atoms with Crippen molar-refractivity contribution in [3.8, 4) is 0 Å². The molecule has 8 heteroatoms. The molecule has 0 aromatic heterocycles. The topological polar surface area (TPSA) is 93.0 Å². The molecule has 0 aliphatic heterocycles. The minimum atomic E-state index is -3.54. The first-order valence-corrected chi connectivity index (χ1v) is 9.23. The molecule has 0 unspecified atom stereocenters. The minimum Gasteiger partial charge on any atom is -0.205 e. The van der Waals surface area contributed by atoms with Crippen LogP contribution in [-0.4, -0.2) is 40.8 Å². The molecule has 0 N–H and O–H groups in total. The Morgan fingerprint density at radius 1 is 0.750 bits per heavy atom. The van der Waals surface area contributed by atoms with E-state index in [1.165, 1.54) is 12.2 Å². The van der Waals surface area contributed by atoms with E-state index in [2.05, 4.69) is 8.80 Å². The van der Waals surface area contributed by atoms with Crippen molar-refractivity contribution in [1.82, 2.24) is 0 Å². The van der Waals surface area contributed by atoms with Crippen LogP contribution in [0, 0.1) is 0 Å². The van der Waals surface area contributed by atoms with E-state index in [9.17, 15) is 16.8 Å². The zero-order valence-electron chi connectivity index (χ0n) is 10.8. The molecule has 0 fully saturated rings. The van der Waals surface area contributed by atoms with E-state index in [-0.39, 0.29) is 11.4 Å². The van der Waals surface area contributed by atoms with Crippen molar-refractivity contribution in [2.45, 2.75) is 0 Å². The van der Waals surface area contributed by atoms with Crippen molar-refractivity contribution < 1.29 is 16.8 Å². The van der Waals surface area contributed by atoms with Crippen LogP contribution in [0.5, 0.6) is 0 Å². The maximum atomic E-state index is 11.3. The molecule has 0 spiro atoms. The third-order valence-corrected chi connectivity index (χ3v) is 3.46. The number of nitrogens with zero attached hydrogens (tertiary/aromatic N) is 2. The molecule has 1 aromatic rings. The predicted octanol–water partition coefficient (Wildman–Crippen LogP) is 0.754. The third kappa shape index (κ3) is 3.61. The van der Waals surface area contributed by atoms with Crippen molar-refractivity contribution in [2.75, 3.05) is 12.5 Å². The van der Waals surface area contributed by atoms with Gasteiger partial charge >= 0.3 is 0 Å². The van der Waals surface area contributed by atoms with Gasteiger partial charge in [-0.05, 0) is 12.2 Å². The van der Waals surface area contributed by atoms with E-state index in [0.29, 0.717) is 11.1 Å². The highest BCUT2D eigenvalue weighted by Crippen LogP contribution is 2.19. The molecule has 1 aromatic carbocycles. The van der Waals surface area contributed by atoms with E-state index >= 15 is 0 Å². The normalized spacial score (nSPS) is 19.3. The molecule has 20 heavy (non-hydrogen) atoms. The summed E-state index contributed by atoms with van der Waals surface area (Å²) in [6.45, 7) is 0. The molecular weight excluding hydrogens is 300 g/mol. The van der Waals surface area contributed by atoms with Crippen molar-refractivity contribution in [1.29, 1.82) is 0 Å². The van der Waals surface area contributed by atoms with Crippen LogP contribution in [0.15, 0.2) is 45.2 Å². The molecule has 0 saturated heterocycles. The number of allylic oxidation sites excluding steroid dienone is 2. The van der Waals surface area contributed by atoms with Crippen molar-refractivity contribution >= 4 is 31.5 Å². The number of hydrogen-bond acceptors (Lipinski definition) is 4. The third-order valence-electron chi connectivity index (χ3n) is 2.41. The quantitative estimate of drug-likeness (QED) is 0.805. The van der Waals surface area contributed by atoms with Crippen LogP contribution in [0.1, 0.15) is 11.1 Å². The molecule has 1 aliphatic rings. The zero-order chi connectivity index (χ0) is 15.0. The highest BCUT2D eigenvalue weighted by atomic mass is 32.2. The van der Waals surface area contributed by atoms with Crippen LogP contribution in [0.3, 0.4) is 0 Å². The summed E-state index contributed by atoms with van der Waals surface area (Å²) < 4.78 is 52.4. The Balaban J connectivity index is 2.69. The van der Waals surface area contributed by atoms with Gasteiger partial charge in [0.2, 0.25) is 0 Å². The molecule has 106 valence electrons. The van der Waals surface area contributed by atoms with Gasteiger partial charge in [-0.25, -0.2) is 16.8 Å². The fourth-order valence-electron chi connectivity index (χ4n) is 1.78. The zero-order valence-corrected chi connectivity index (χ0v) is 12.4. The number of benzene rings is 1. The van der Waals surface area contributed by atoms with Gasteiger partial charge in [-0.2, -0.15) is 8.80 Å². The second-order valence-electron chi connectivity index (χ2n) is 4.30. The van der Waals surface area contributed by atoms with E-state index in [4.69, 9.17) is 0 Å². The van der Waals surface area contributed by atoms with Crippen molar-refractivity contribution in [3.63, 3.8) is 0 Å². The van der Waals surface area contributed by atoms with Gasteiger partial charge in [0.1, 0.15) is 0 Å². The van der Waals surface area contributed by atoms with E-state index in [1.807, 2.05) is 0 Å². The molecule has 1 aliphatic carbocycles. The van der Waals surface area contributed by atoms with Crippen LogP contribution in [0.4, 0.5) is 0 Å². The molecule has 6 nitrogen and oxygen atoms in total. The molecule has 0 atom stereocenters. The maximum Gasteiger partial charge on any atom is 0.250 e. The molecule has 0 amide bonds. The van der Waals surface area contributed by atoms with Gasteiger partial charge in [-0.1, -0.05) is 24.3 Å². The summed E-state index contributed by atoms with van der Waals surface area (Å²) in [6, 6.07) is 6.77. The van der Waals surface area contributed by atoms with Crippen molar-refractivity contribution in [2.24, 2.45) is 8.80 Å². The Morgan fingerprint density at radius 3 is 1.40 bits per heavy atom. The van der Waals surface area contributed by atoms with Crippen LogP contribution in [0.2, 0.25) is 0 Å². The monoisotopic (exact) mass is 312 g/mol. The molecule has 0 heterocycles. The number of sulfonamides is 2. The van der Waals surface area contributed by atoms with Gasteiger partial charge in [0.05, 0.1) is 23.9 Å². The lowest BCUT2D eigenvalue weighted by Gasteiger charge is -2.13. The first kappa shape index (κ1) is 14.6. The molecule has 0 radical (unpaired) electrons. The summed E-state index contributed by atoms with van der Waals surface area (Å²) in [7, 11) is -7.08. The lowest BCUT2D eigenvalue weighted by Crippen LogP contribution is -2.15. The second-order valence-corrected chi connectivity index (χ2v) is 7.60. The summed E-state index contributed by atoms with van der Waals surface area (Å²) in [5.74, 6) is 0. The number of hydrogen-bond donors (Lipinski definition) is 0. The molecule has 0 bridgehead atoms. The predicted molar refractivity (Wildman–Crippen MR) is 78.3 cm³/mol. The SMILES string of the molecule is CS(=O)(=O)/N=C1C=C/C(=N\S(C)(=O)=O)c2ccccc2\1. The first-order valence-electron chi connectivity index (χ1n) is 5.53. The van der Waals surface area contributed by atoms with Crippen LogP contribution in [0.25, 0.3) is 0 Å². The number of fused-ring (bicyclic) bond motifs is 1. The molecule has 2 rings (SSSR count). The molecule has 0 saturated carbocycles. The summed E-state index contributed by atoms with van der Waals surface area (Å²) in [5.41, 5.74) is 1.58. The van der Waals surface area contributed by atoms with Gasteiger partial charge in [0.15, 0.2) is 0 Å². The maximum absolute atomic E-state index is 11.3. The standard InChI is InChI=1S/C12H12N2O4S2/c1-19(15,16)13-11-7-8-12(14-20(2,17)18)10-6-4-3-5-9(10)11/h3-8H,1-2H3/b13-11+,14-12+. The van der Waals surface area contributed by atoms with Gasteiger partial charge in [-0.15, -0.1) is 0 Å². The second kappa shape index (κ2) is 4.95. The highest BCUT2D eigenvalue weighted by molar-refractivity contribution is 7.89. The van der Waals surface area contributed by atoms with Gasteiger partial charge in [-0.3, -0.25) is 0 Å². The lowest BCUT2D eigenvalue weighted by molar-refractivity contribution is 0.602. The number of rotatable bonds is 2. The summed E-state index contributed by atoms with van der Waals surface area (Å²) in [5, 5.41) is 0. The Bertz CT molecular complexity index is 776. The van der Waals surface area contributed by atoms with Crippen molar-refractivity contribution in [3.05, 3.63) is 47.5 Å². The van der Waals surface area contributed by atoms with Gasteiger partial charge in [0.25, 0.3) is 20.0 Å². The highest BCUT2D eigenvalue weighted by Gasteiger charge is 2.18. The summed E-state index contributed by atoms with van der Waals surface area (Å²) in [6.07, 6.45) is 4.87. The lowest BCUT2D eigenvalue weighted by atomic mass is 9.94. The minimum absolute atomic E-state index is 0.260. The average Bonchev–Trinajstić information content (AvgIpc) is 2.29. The summed E-state index contributed by atoms with van der Waals surface area (Å²) in [4.78, 5) is 0. The van der Waals surface area contributed by atoms with Gasteiger partial charge in [0, 0.05) is 11.1 Å². The van der Waals surface area contributed by atoms with Crippen LogP contribution < -0.4 is 0 Å². The van der Waals surface area contributed by atoms with Crippen LogP contribution >= 0.6 is 0 Å². The first-order chi connectivity index (χ1) is 9.16. The smallest absolute Gasteiger partial charge is 0.205 e. The Labute approximate surface area is 117 Å². The average molecular weight is 312 g/mol. The fraction of sp³-hybridized carbons (Fsp3) is 0.167.